The molecule has 0 N–H and O–H groups in total. The van der Waals surface area contributed by atoms with Gasteiger partial charge in [0.25, 0.3) is 0 Å². The largest absolute Gasteiger partial charge is 0.744 e. The van der Waals surface area contributed by atoms with Crippen molar-refractivity contribution in [2.75, 3.05) is 0 Å². The zero-order valence-electron chi connectivity index (χ0n) is 28.1. The molecule has 0 bridgehead atoms. The van der Waals surface area contributed by atoms with E-state index in [2.05, 4.69) is 113 Å². The number of hydrogen-bond acceptors (Lipinski definition) is 4. The summed E-state index contributed by atoms with van der Waals surface area (Å²) in [6.45, 7) is 8.44. The standard InChI is InChI=1S/C22H23OS.C18H30O3S/c1-22(2,3)23-18-14-16-21(17-15-18)24(19-10-6-4-7-11-19)20-12-8-5-9-13-20;1-2-3-4-5-6-7-8-9-10-11-14-17-15-12-13-16-18(17)22(19,20)21/h4-17H,1-3H3;12-13,15-16H,2-11,14H2,1H3,(H,19,20,21)/q+1;/p-1. The fourth-order valence-electron chi connectivity index (χ4n) is 5.28. The van der Waals surface area contributed by atoms with Gasteiger partial charge < -0.3 is 9.29 Å². The molecule has 46 heavy (non-hydrogen) atoms. The Kier molecular flexibility index (Phi) is 15.9. The van der Waals surface area contributed by atoms with E-state index in [1.807, 2.05) is 0 Å². The Labute approximate surface area is 281 Å². The maximum absolute atomic E-state index is 11.2. The predicted octanol–water partition coefficient (Wildman–Crippen LogP) is 11.0. The van der Waals surface area contributed by atoms with E-state index >= 15 is 0 Å². The van der Waals surface area contributed by atoms with Gasteiger partial charge in [0.1, 0.15) is 21.5 Å². The highest BCUT2D eigenvalue weighted by molar-refractivity contribution is 7.97. The van der Waals surface area contributed by atoms with Crippen molar-refractivity contribution < 1.29 is 17.7 Å². The molecule has 0 saturated heterocycles. The minimum Gasteiger partial charge on any atom is -0.744 e. The summed E-state index contributed by atoms with van der Waals surface area (Å²) in [4.78, 5) is 3.90. The van der Waals surface area contributed by atoms with Crippen LogP contribution in [0.3, 0.4) is 0 Å². The summed E-state index contributed by atoms with van der Waals surface area (Å²) in [5, 5.41) is 0. The van der Waals surface area contributed by atoms with E-state index in [-0.39, 0.29) is 21.4 Å². The van der Waals surface area contributed by atoms with Gasteiger partial charge in [0.2, 0.25) is 0 Å². The number of aryl methyl sites for hydroxylation is 1. The van der Waals surface area contributed by atoms with E-state index in [9.17, 15) is 13.0 Å². The molecule has 0 aliphatic carbocycles. The third kappa shape index (κ3) is 13.7. The minimum absolute atomic E-state index is 0.0501. The Bertz CT molecular complexity index is 1460. The van der Waals surface area contributed by atoms with Gasteiger partial charge in [0.05, 0.1) is 15.8 Å². The molecule has 0 aliphatic heterocycles. The Morgan fingerprint density at radius 1 is 0.587 bits per heavy atom. The van der Waals surface area contributed by atoms with Crippen LogP contribution in [-0.4, -0.2) is 18.6 Å². The summed E-state index contributed by atoms with van der Waals surface area (Å²) in [5.74, 6) is 0.913. The molecular formula is C40H52O4S2. The monoisotopic (exact) mass is 660 g/mol. The topological polar surface area (TPSA) is 66.4 Å². The van der Waals surface area contributed by atoms with Crippen LogP contribution in [0.2, 0.25) is 0 Å². The van der Waals surface area contributed by atoms with Crippen molar-refractivity contribution in [1.29, 1.82) is 0 Å². The fourth-order valence-corrected chi connectivity index (χ4v) is 8.10. The van der Waals surface area contributed by atoms with Crippen LogP contribution in [0.5, 0.6) is 5.75 Å². The summed E-state index contributed by atoms with van der Waals surface area (Å²) < 4.78 is 39.5. The van der Waals surface area contributed by atoms with E-state index in [1.165, 1.54) is 72.1 Å². The van der Waals surface area contributed by atoms with E-state index in [1.54, 1.807) is 18.2 Å². The molecule has 0 spiro atoms. The smallest absolute Gasteiger partial charge is 0.166 e. The highest BCUT2D eigenvalue weighted by atomic mass is 32.2. The molecule has 4 rings (SSSR count). The molecule has 0 heterocycles. The molecule has 6 heteroatoms. The first-order valence-electron chi connectivity index (χ1n) is 16.8. The Balaban J connectivity index is 0.000000252. The normalized spacial score (nSPS) is 11.6. The van der Waals surface area contributed by atoms with Crippen molar-refractivity contribution in [1.82, 2.24) is 0 Å². The quantitative estimate of drug-likeness (QED) is 0.0681. The Morgan fingerprint density at radius 3 is 1.50 bits per heavy atom. The van der Waals surface area contributed by atoms with Crippen LogP contribution in [0.4, 0.5) is 0 Å². The van der Waals surface area contributed by atoms with Crippen molar-refractivity contribution in [3.05, 3.63) is 115 Å². The molecule has 0 atom stereocenters. The molecule has 248 valence electrons. The molecule has 0 fully saturated rings. The van der Waals surface area contributed by atoms with Crippen molar-refractivity contribution in [3.63, 3.8) is 0 Å². The van der Waals surface area contributed by atoms with Crippen molar-refractivity contribution >= 4 is 21.0 Å². The lowest BCUT2D eigenvalue weighted by atomic mass is 10.0. The second kappa shape index (κ2) is 19.6. The van der Waals surface area contributed by atoms with Crippen LogP contribution in [0.15, 0.2) is 129 Å². The third-order valence-electron chi connectivity index (χ3n) is 7.48. The minimum atomic E-state index is -4.35. The molecular weight excluding hydrogens is 609 g/mol. The summed E-state index contributed by atoms with van der Waals surface area (Å²) in [6.07, 6.45) is 13.2. The number of unbranched alkanes of at least 4 members (excludes halogenated alkanes) is 9. The molecule has 0 saturated carbocycles. The Morgan fingerprint density at radius 2 is 1.02 bits per heavy atom. The highest BCUT2D eigenvalue weighted by Crippen LogP contribution is 2.32. The van der Waals surface area contributed by atoms with E-state index < -0.39 is 10.1 Å². The SMILES string of the molecule is CC(C)(C)Oc1ccc([S+](c2ccccc2)c2ccccc2)cc1.CCCCCCCCCCCCc1ccccc1S(=O)(=O)[O-]. The lowest BCUT2D eigenvalue weighted by Crippen LogP contribution is -2.22. The van der Waals surface area contributed by atoms with E-state index in [0.717, 1.165) is 18.6 Å². The summed E-state index contributed by atoms with van der Waals surface area (Å²) in [5.41, 5.74) is 0.485. The number of hydrogen-bond donors (Lipinski definition) is 0. The first kappa shape index (κ1) is 37.4. The fraction of sp³-hybridized carbons (Fsp3) is 0.400. The van der Waals surface area contributed by atoms with Crippen LogP contribution in [0.25, 0.3) is 0 Å². The van der Waals surface area contributed by atoms with Gasteiger partial charge in [-0.1, -0.05) is 119 Å². The second-order valence-electron chi connectivity index (χ2n) is 12.6. The summed E-state index contributed by atoms with van der Waals surface area (Å²) in [6, 6.07) is 36.5. The average Bonchev–Trinajstić information content (AvgIpc) is 3.03. The van der Waals surface area contributed by atoms with Gasteiger partial charge in [-0.2, -0.15) is 0 Å². The van der Waals surface area contributed by atoms with Crippen LogP contribution in [0, 0.1) is 0 Å². The van der Waals surface area contributed by atoms with Crippen LogP contribution < -0.4 is 4.74 Å². The molecule has 0 unspecified atom stereocenters. The Hall–Kier alpha value is -3.06. The summed E-state index contributed by atoms with van der Waals surface area (Å²) >= 11 is 0. The zero-order valence-corrected chi connectivity index (χ0v) is 29.8. The van der Waals surface area contributed by atoms with Crippen LogP contribution >= 0.6 is 0 Å². The maximum Gasteiger partial charge on any atom is 0.166 e. The van der Waals surface area contributed by atoms with Gasteiger partial charge in [-0.15, -0.1) is 0 Å². The summed E-state index contributed by atoms with van der Waals surface area (Å²) in [7, 11) is -4.45. The van der Waals surface area contributed by atoms with E-state index in [0.29, 0.717) is 12.0 Å². The van der Waals surface area contributed by atoms with E-state index in [4.69, 9.17) is 4.74 Å². The van der Waals surface area contributed by atoms with Crippen LogP contribution in [-0.2, 0) is 27.4 Å². The van der Waals surface area contributed by atoms with Gasteiger partial charge >= 0.3 is 0 Å². The molecule has 4 aromatic rings. The molecule has 0 amide bonds. The molecule has 0 aliphatic rings. The first-order valence-corrected chi connectivity index (χ1v) is 19.4. The first-order chi connectivity index (χ1) is 22.1. The molecule has 4 nitrogen and oxygen atoms in total. The maximum atomic E-state index is 11.2. The van der Waals surface area contributed by atoms with Gasteiger partial charge in [-0.25, -0.2) is 8.42 Å². The van der Waals surface area contributed by atoms with Gasteiger partial charge in [-0.3, -0.25) is 0 Å². The zero-order chi connectivity index (χ0) is 33.3. The lowest BCUT2D eigenvalue weighted by molar-refractivity contribution is 0.131. The van der Waals surface area contributed by atoms with Crippen molar-refractivity contribution in [3.8, 4) is 5.75 Å². The molecule has 0 radical (unpaired) electrons. The average molecular weight is 661 g/mol. The highest BCUT2D eigenvalue weighted by Gasteiger charge is 2.28. The predicted molar refractivity (Wildman–Crippen MR) is 192 cm³/mol. The molecule has 0 aromatic heterocycles. The second-order valence-corrected chi connectivity index (χ2v) is 16.0. The number of ether oxygens (including phenoxy) is 1. The lowest BCUT2D eigenvalue weighted by Gasteiger charge is -2.21. The number of rotatable bonds is 16. The number of benzene rings is 4. The van der Waals surface area contributed by atoms with Crippen LogP contribution in [0.1, 0.15) is 97.5 Å². The third-order valence-corrected chi connectivity index (χ3v) is 10.7. The van der Waals surface area contributed by atoms with Gasteiger partial charge in [0.15, 0.2) is 14.7 Å². The van der Waals surface area contributed by atoms with Gasteiger partial charge in [-0.05, 0) is 93.8 Å². The molecule has 4 aromatic carbocycles. The van der Waals surface area contributed by atoms with Gasteiger partial charge in [0, 0.05) is 0 Å². The van der Waals surface area contributed by atoms with Crippen molar-refractivity contribution in [2.24, 2.45) is 0 Å². The van der Waals surface area contributed by atoms with Crippen molar-refractivity contribution in [2.45, 2.75) is 124 Å².